The lowest BCUT2D eigenvalue weighted by Crippen LogP contribution is -2.29. The van der Waals surface area contributed by atoms with E-state index in [4.69, 9.17) is 16.3 Å². The first kappa shape index (κ1) is 14.7. The fraction of sp³-hybridized carbons (Fsp3) is 0.625. The highest BCUT2D eigenvalue weighted by atomic mass is 35.5. The van der Waals surface area contributed by atoms with Crippen LogP contribution in [-0.4, -0.2) is 31.1 Å². The highest BCUT2D eigenvalue weighted by Gasteiger charge is 2.09. The molecule has 0 spiro atoms. The maximum atomic E-state index is 6.01. The molecule has 0 radical (unpaired) electrons. The van der Waals surface area contributed by atoms with Crippen molar-refractivity contribution in [1.29, 1.82) is 0 Å². The second-order valence-corrected chi connectivity index (χ2v) is 5.65. The summed E-state index contributed by atoms with van der Waals surface area (Å²) in [5, 5.41) is 0.789. The first-order valence-corrected chi connectivity index (χ1v) is 7.81. The molecular weight excluding hydrogens is 258 g/mol. The Morgan fingerprint density at radius 1 is 1.16 bits per heavy atom. The van der Waals surface area contributed by atoms with Gasteiger partial charge in [-0.05, 0) is 56.1 Å². The zero-order chi connectivity index (χ0) is 13.5. The van der Waals surface area contributed by atoms with E-state index in [1.165, 1.54) is 44.3 Å². The molecule has 0 bridgehead atoms. The molecule has 0 aromatic heterocycles. The molecule has 0 atom stereocenters. The standard InChI is InChI=1S/C16H24ClNO/c1-2-14-13-15(17)7-8-16(14)19-12-11-18-9-5-3-4-6-10-18/h7-8,13H,2-6,9-12H2,1H3. The number of benzene rings is 1. The second kappa shape index (κ2) is 7.76. The molecule has 1 aliphatic rings. The Bertz CT molecular complexity index is 386. The summed E-state index contributed by atoms with van der Waals surface area (Å²) in [6.07, 6.45) is 6.39. The topological polar surface area (TPSA) is 12.5 Å². The maximum Gasteiger partial charge on any atom is 0.122 e. The lowest BCUT2D eigenvalue weighted by molar-refractivity contribution is 0.213. The Labute approximate surface area is 121 Å². The maximum absolute atomic E-state index is 6.01. The van der Waals surface area contributed by atoms with E-state index in [9.17, 15) is 0 Å². The van der Waals surface area contributed by atoms with Crippen molar-refractivity contribution >= 4 is 11.6 Å². The first-order valence-electron chi connectivity index (χ1n) is 7.43. The Balaban J connectivity index is 1.81. The number of rotatable bonds is 5. The SMILES string of the molecule is CCc1cc(Cl)ccc1OCCN1CCCCCC1. The molecule has 1 heterocycles. The molecule has 0 unspecified atom stereocenters. The molecule has 0 N–H and O–H groups in total. The third kappa shape index (κ3) is 4.70. The summed E-state index contributed by atoms with van der Waals surface area (Å²) in [5.74, 6) is 0.988. The highest BCUT2D eigenvalue weighted by molar-refractivity contribution is 6.30. The van der Waals surface area contributed by atoms with Crippen molar-refractivity contribution in [3.63, 3.8) is 0 Å². The van der Waals surface area contributed by atoms with Crippen LogP contribution in [0, 0.1) is 0 Å². The van der Waals surface area contributed by atoms with Crippen LogP contribution in [0.3, 0.4) is 0 Å². The number of ether oxygens (including phenoxy) is 1. The summed E-state index contributed by atoms with van der Waals surface area (Å²) in [7, 11) is 0. The van der Waals surface area contributed by atoms with Gasteiger partial charge in [0.15, 0.2) is 0 Å². The van der Waals surface area contributed by atoms with Crippen molar-refractivity contribution in [2.24, 2.45) is 0 Å². The largest absolute Gasteiger partial charge is 0.492 e. The number of hydrogen-bond acceptors (Lipinski definition) is 2. The van der Waals surface area contributed by atoms with Crippen molar-refractivity contribution in [2.75, 3.05) is 26.2 Å². The van der Waals surface area contributed by atoms with Gasteiger partial charge in [0.1, 0.15) is 12.4 Å². The lowest BCUT2D eigenvalue weighted by atomic mass is 10.1. The monoisotopic (exact) mass is 281 g/mol. The number of halogens is 1. The van der Waals surface area contributed by atoms with Crippen LogP contribution < -0.4 is 4.74 Å². The quantitative estimate of drug-likeness (QED) is 0.804. The molecular formula is C16H24ClNO. The Hall–Kier alpha value is -0.730. The summed E-state index contributed by atoms with van der Waals surface area (Å²) < 4.78 is 5.93. The summed E-state index contributed by atoms with van der Waals surface area (Å²) >= 11 is 6.01. The van der Waals surface area contributed by atoms with E-state index in [-0.39, 0.29) is 0 Å². The van der Waals surface area contributed by atoms with Gasteiger partial charge in [-0.3, -0.25) is 4.90 Å². The fourth-order valence-electron chi connectivity index (χ4n) is 2.61. The van der Waals surface area contributed by atoms with Crippen molar-refractivity contribution in [3.05, 3.63) is 28.8 Å². The highest BCUT2D eigenvalue weighted by Crippen LogP contribution is 2.23. The molecule has 2 nitrogen and oxygen atoms in total. The molecule has 1 aliphatic heterocycles. The van der Waals surface area contributed by atoms with Gasteiger partial charge in [0, 0.05) is 11.6 Å². The van der Waals surface area contributed by atoms with E-state index >= 15 is 0 Å². The van der Waals surface area contributed by atoms with Crippen molar-refractivity contribution in [3.8, 4) is 5.75 Å². The Kier molecular flexibility index (Phi) is 5.99. The number of likely N-dealkylation sites (tertiary alicyclic amines) is 1. The summed E-state index contributed by atoms with van der Waals surface area (Å²) in [6, 6.07) is 5.90. The molecule has 1 fully saturated rings. The summed E-state index contributed by atoms with van der Waals surface area (Å²) in [5.41, 5.74) is 1.20. The average Bonchev–Trinajstić information content (AvgIpc) is 2.69. The van der Waals surface area contributed by atoms with E-state index in [0.717, 1.165) is 30.3 Å². The molecule has 106 valence electrons. The Morgan fingerprint density at radius 2 is 1.89 bits per heavy atom. The van der Waals surface area contributed by atoms with Gasteiger partial charge < -0.3 is 4.74 Å². The van der Waals surface area contributed by atoms with Crippen molar-refractivity contribution in [2.45, 2.75) is 39.0 Å². The van der Waals surface area contributed by atoms with Crippen LogP contribution in [0.4, 0.5) is 0 Å². The van der Waals surface area contributed by atoms with Gasteiger partial charge in [-0.25, -0.2) is 0 Å². The average molecular weight is 282 g/mol. The van der Waals surface area contributed by atoms with E-state index in [0.29, 0.717) is 0 Å². The normalized spacial score (nSPS) is 17.2. The zero-order valence-electron chi connectivity index (χ0n) is 11.8. The third-order valence-corrected chi connectivity index (χ3v) is 4.00. The molecule has 1 saturated heterocycles. The fourth-order valence-corrected chi connectivity index (χ4v) is 2.80. The molecule has 0 aliphatic carbocycles. The van der Waals surface area contributed by atoms with E-state index in [1.807, 2.05) is 18.2 Å². The molecule has 0 amide bonds. The van der Waals surface area contributed by atoms with Crippen LogP contribution in [0.1, 0.15) is 38.2 Å². The smallest absolute Gasteiger partial charge is 0.122 e. The van der Waals surface area contributed by atoms with Gasteiger partial charge in [0.25, 0.3) is 0 Å². The van der Waals surface area contributed by atoms with Crippen LogP contribution in [0.2, 0.25) is 5.02 Å². The number of aryl methyl sites for hydroxylation is 1. The van der Waals surface area contributed by atoms with Gasteiger partial charge in [-0.1, -0.05) is 31.4 Å². The van der Waals surface area contributed by atoms with Gasteiger partial charge in [-0.2, -0.15) is 0 Å². The van der Waals surface area contributed by atoms with Crippen LogP contribution in [-0.2, 0) is 6.42 Å². The number of nitrogens with zero attached hydrogens (tertiary/aromatic N) is 1. The van der Waals surface area contributed by atoms with Crippen LogP contribution >= 0.6 is 11.6 Å². The summed E-state index contributed by atoms with van der Waals surface area (Å²) in [4.78, 5) is 2.52. The predicted molar refractivity (Wildman–Crippen MR) is 81.2 cm³/mol. The lowest BCUT2D eigenvalue weighted by Gasteiger charge is -2.20. The summed E-state index contributed by atoms with van der Waals surface area (Å²) in [6.45, 7) is 6.39. The van der Waals surface area contributed by atoms with Gasteiger partial charge in [0.2, 0.25) is 0 Å². The minimum Gasteiger partial charge on any atom is -0.492 e. The molecule has 3 heteroatoms. The molecule has 1 aromatic rings. The van der Waals surface area contributed by atoms with Crippen LogP contribution in [0.25, 0.3) is 0 Å². The predicted octanol–water partition coefficient (Wildman–Crippen LogP) is 4.16. The molecule has 1 aromatic carbocycles. The van der Waals surface area contributed by atoms with E-state index < -0.39 is 0 Å². The van der Waals surface area contributed by atoms with Gasteiger partial charge in [0.05, 0.1) is 0 Å². The second-order valence-electron chi connectivity index (χ2n) is 5.21. The van der Waals surface area contributed by atoms with Gasteiger partial charge in [-0.15, -0.1) is 0 Å². The minimum atomic E-state index is 0.772. The van der Waals surface area contributed by atoms with Crippen LogP contribution in [0.5, 0.6) is 5.75 Å². The Morgan fingerprint density at radius 3 is 2.58 bits per heavy atom. The third-order valence-electron chi connectivity index (χ3n) is 3.77. The van der Waals surface area contributed by atoms with E-state index in [2.05, 4.69) is 11.8 Å². The molecule has 19 heavy (non-hydrogen) atoms. The molecule has 2 rings (SSSR count). The number of hydrogen-bond donors (Lipinski definition) is 0. The van der Waals surface area contributed by atoms with Crippen molar-refractivity contribution in [1.82, 2.24) is 4.90 Å². The first-order chi connectivity index (χ1) is 9.29. The van der Waals surface area contributed by atoms with Crippen LogP contribution in [0.15, 0.2) is 18.2 Å². The van der Waals surface area contributed by atoms with Gasteiger partial charge >= 0.3 is 0 Å². The van der Waals surface area contributed by atoms with Crippen molar-refractivity contribution < 1.29 is 4.74 Å². The molecule has 0 saturated carbocycles. The minimum absolute atomic E-state index is 0.772. The van der Waals surface area contributed by atoms with E-state index in [1.54, 1.807) is 0 Å². The zero-order valence-corrected chi connectivity index (χ0v) is 12.6.